The topological polar surface area (TPSA) is 46.5 Å². The summed E-state index contributed by atoms with van der Waals surface area (Å²) in [6.45, 7) is 3.21. The fourth-order valence-corrected chi connectivity index (χ4v) is 1.23. The molecule has 3 nitrogen and oxygen atoms in total. The molecule has 0 unspecified atom stereocenters. The third-order valence-corrected chi connectivity index (χ3v) is 1.80. The molecule has 4 heteroatoms. The molecule has 82 valence electrons. The van der Waals surface area contributed by atoms with Crippen molar-refractivity contribution in [1.29, 1.82) is 0 Å². The Morgan fingerprint density at radius 1 is 1.47 bits per heavy atom. The number of ether oxygens (including phenoxy) is 1. The number of carboxylic acids is 1. The monoisotopic (exact) mass is 212 g/mol. The standard InChI is InChI=1S/C11H13FO3/c1-11(2,7-10(13)14)15-9-6-4-3-5-8(9)12/h3-6H,7H2,1-2H3,(H,13,14). The van der Waals surface area contributed by atoms with Crippen LogP contribution in [0.25, 0.3) is 0 Å². The molecule has 0 heterocycles. The maximum absolute atomic E-state index is 13.2. The fraction of sp³-hybridized carbons (Fsp3) is 0.364. The molecule has 0 radical (unpaired) electrons. The summed E-state index contributed by atoms with van der Waals surface area (Å²) in [6, 6.07) is 5.92. The van der Waals surface area contributed by atoms with E-state index < -0.39 is 17.4 Å². The Balaban J connectivity index is 2.77. The highest BCUT2D eigenvalue weighted by Gasteiger charge is 2.24. The van der Waals surface area contributed by atoms with Gasteiger partial charge in [-0.2, -0.15) is 0 Å². The summed E-state index contributed by atoms with van der Waals surface area (Å²) in [4.78, 5) is 10.5. The quantitative estimate of drug-likeness (QED) is 0.833. The van der Waals surface area contributed by atoms with Gasteiger partial charge in [-0.15, -0.1) is 0 Å². The molecule has 0 aliphatic carbocycles. The minimum Gasteiger partial charge on any atom is -0.484 e. The lowest BCUT2D eigenvalue weighted by Gasteiger charge is -2.24. The number of para-hydroxylation sites is 1. The molecule has 0 amide bonds. The van der Waals surface area contributed by atoms with Crippen molar-refractivity contribution in [3.8, 4) is 5.75 Å². The van der Waals surface area contributed by atoms with Gasteiger partial charge in [0.25, 0.3) is 0 Å². The van der Waals surface area contributed by atoms with Crippen molar-refractivity contribution in [1.82, 2.24) is 0 Å². The minimum atomic E-state index is -0.976. The first-order chi connectivity index (χ1) is 6.91. The first-order valence-electron chi connectivity index (χ1n) is 4.56. The zero-order valence-electron chi connectivity index (χ0n) is 8.66. The highest BCUT2D eigenvalue weighted by atomic mass is 19.1. The second-order valence-electron chi connectivity index (χ2n) is 3.86. The molecule has 1 aromatic rings. The highest BCUT2D eigenvalue weighted by molar-refractivity contribution is 5.68. The summed E-state index contributed by atoms with van der Waals surface area (Å²) in [5.74, 6) is -1.39. The molecular weight excluding hydrogens is 199 g/mol. The summed E-state index contributed by atoms with van der Waals surface area (Å²) in [7, 11) is 0. The molecule has 1 N–H and O–H groups in total. The van der Waals surface area contributed by atoms with Gasteiger partial charge in [0.05, 0.1) is 6.42 Å². The summed E-state index contributed by atoms with van der Waals surface area (Å²) in [5, 5.41) is 8.62. The summed E-state index contributed by atoms with van der Waals surface area (Å²) in [6.07, 6.45) is -0.179. The van der Waals surface area contributed by atoms with E-state index in [1.165, 1.54) is 12.1 Å². The average Bonchev–Trinajstić information content (AvgIpc) is 2.06. The van der Waals surface area contributed by atoms with Gasteiger partial charge in [0.2, 0.25) is 0 Å². The summed E-state index contributed by atoms with van der Waals surface area (Å²) < 4.78 is 18.5. The van der Waals surface area contributed by atoms with E-state index in [1.807, 2.05) is 0 Å². The molecule has 0 fully saturated rings. The van der Waals surface area contributed by atoms with Gasteiger partial charge in [-0.1, -0.05) is 12.1 Å². The van der Waals surface area contributed by atoms with Gasteiger partial charge in [0.15, 0.2) is 11.6 Å². The van der Waals surface area contributed by atoms with E-state index in [0.717, 1.165) is 0 Å². The molecule has 0 aromatic heterocycles. The van der Waals surface area contributed by atoms with Crippen molar-refractivity contribution < 1.29 is 19.0 Å². The van der Waals surface area contributed by atoms with Crippen LogP contribution in [-0.2, 0) is 4.79 Å². The Labute approximate surface area is 87.5 Å². The molecule has 0 atom stereocenters. The van der Waals surface area contributed by atoms with Gasteiger partial charge in [-0.25, -0.2) is 4.39 Å². The number of hydrogen-bond acceptors (Lipinski definition) is 2. The van der Waals surface area contributed by atoms with Crippen LogP contribution in [0.15, 0.2) is 24.3 Å². The maximum Gasteiger partial charge on any atom is 0.307 e. The predicted octanol–water partition coefficient (Wildman–Crippen LogP) is 2.46. The molecule has 1 aromatic carbocycles. The zero-order valence-corrected chi connectivity index (χ0v) is 8.66. The maximum atomic E-state index is 13.2. The Morgan fingerprint density at radius 2 is 2.07 bits per heavy atom. The van der Waals surface area contributed by atoms with Gasteiger partial charge in [0, 0.05) is 0 Å². The van der Waals surface area contributed by atoms with E-state index in [1.54, 1.807) is 26.0 Å². The Bertz CT molecular complexity index is 361. The number of benzene rings is 1. The van der Waals surface area contributed by atoms with Crippen molar-refractivity contribution >= 4 is 5.97 Å². The van der Waals surface area contributed by atoms with E-state index in [-0.39, 0.29) is 12.2 Å². The molecule has 0 spiro atoms. The third-order valence-electron chi connectivity index (χ3n) is 1.80. The van der Waals surface area contributed by atoms with Crippen molar-refractivity contribution in [3.63, 3.8) is 0 Å². The van der Waals surface area contributed by atoms with Gasteiger partial charge in [-0.05, 0) is 26.0 Å². The van der Waals surface area contributed by atoms with Crippen LogP contribution in [-0.4, -0.2) is 16.7 Å². The van der Waals surface area contributed by atoms with Gasteiger partial charge in [-0.3, -0.25) is 4.79 Å². The predicted molar refractivity (Wildman–Crippen MR) is 53.4 cm³/mol. The number of halogens is 1. The molecule has 0 bridgehead atoms. The fourth-order valence-electron chi connectivity index (χ4n) is 1.23. The molecule has 0 saturated heterocycles. The number of carbonyl (C=O) groups is 1. The van der Waals surface area contributed by atoms with E-state index in [9.17, 15) is 9.18 Å². The first kappa shape index (κ1) is 11.5. The van der Waals surface area contributed by atoms with Crippen LogP contribution in [0.1, 0.15) is 20.3 Å². The Kier molecular flexibility index (Phi) is 3.29. The van der Waals surface area contributed by atoms with Gasteiger partial charge in [0.1, 0.15) is 5.60 Å². The molecule has 1 rings (SSSR count). The number of aliphatic carboxylic acids is 1. The average molecular weight is 212 g/mol. The van der Waals surface area contributed by atoms with Crippen LogP contribution in [0.5, 0.6) is 5.75 Å². The first-order valence-corrected chi connectivity index (χ1v) is 4.56. The Morgan fingerprint density at radius 3 is 2.60 bits per heavy atom. The smallest absolute Gasteiger partial charge is 0.307 e. The molecule has 0 aliphatic heterocycles. The summed E-state index contributed by atoms with van der Waals surface area (Å²) >= 11 is 0. The second kappa shape index (κ2) is 4.29. The van der Waals surface area contributed by atoms with Crippen molar-refractivity contribution in [2.24, 2.45) is 0 Å². The van der Waals surface area contributed by atoms with E-state index in [2.05, 4.69) is 0 Å². The van der Waals surface area contributed by atoms with Crippen LogP contribution < -0.4 is 4.74 Å². The second-order valence-corrected chi connectivity index (χ2v) is 3.86. The van der Waals surface area contributed by atoms with Crippen LogP contribution >= 0.6 is 0 Å². The normalized spacial score (nSPS) is 11.1. The van der Waals surface area contributed by atoms with E-state index in [0.29, 0.717) is 0 Å². The molecule has 0 saturated carbocycles. The Hall–Kier alpha value is -1.58. The largest absolute Gasteiger partial charge is 0.484 e. The third kappa shape index (κ3) is 3.58. The minimum absolute atomic E-state index is 0.0729. The van der Waals surface area contributed by atoms with Crippen LogP contribution in [0.3, 0.4) is 0 Å². The lowest BCUT2D eigenvalue weighted by atomic mass is 10.1. The van der Waals surface area contributed by atoms with Crippen molar-refractivity contribution in [3.05, 3.63) is 30.1 Å². The van der Waals surface area contributed by atoms with E-state index in [4.69, 9.17) is 9.84 Å². The molecule has 0 aliphatic rings. The summed E-state index contributed by atoms with van der Waals surface area (Å²) in [5.41, 5.74) is -0.923. The van der Waals surface area contributed by atoms with Gasteiger partial charge < -0.3 is 9.84 Å². The molecule has 15 heavy (non-hydrogen) atoms. The number of hydrogen-bond donors (Lipinski definition) is 1. The SMILES string of the molecule is CC(C)(CC(=O)O)Oc1ccccc1F. The highest BCUT2D eigenvalue weighted by Crippen LogP contribution is 2.23. The van der Waals surface area contributed by atoms with Crippen LogP contribution in [0, 0.1) is 5.82 Å². The van der Waals surface area contributed by atoms with Crippen molar-refractivity contribution in [2.75, 3.05) is 0 Å². The zero-order chi connectivity index (χ0) is 11.5. The molecular formula is C11H13FO3. The van der Waals surface area contributed by atoms with Gasteiger partial charge >= 0.3 is 5.97 Å². The van der Waals surface area contributed by atoms with Crippen LogP contribution in [0.2, 0.25) is 0 Å². The van der Waals surface area contributed by atoms with Crippen LogP contribution in [0.4, 0.5) is 4.39 Å². The van der Waals surface area contributed by atoms with Crippen molar-refractivity contribution in [2.45, 2.75) is 25.9 Å². The lowest BCUT2D eigenvalue weighted by Crippen LogP contribution is -2.31. The van der Waals surface area contributed by atoms with E-state index >= 15 is 0 Å². The lowest BCUT2D eigenvalue weighted by molar-refractivity contribution is -0.140. The number of rotatable bonds is 4. The number of carboxylic acid groups (broad SMARTS) is 1.